The minimum atomic E-state index is -1.89. The van der Waals surface area contributed by atoms with E-state index in [2.05, 4.69) is 12.2 Å². The molecule has 0 aliphatic carbocycles. The molecule has 0 aliphatic rings. The Bertz CT molecular complexity index is 870. The van der Waals surface area contributed by atoms with Gasteiger partial charge in [-0.2, -0.15) is 0 Å². The minimum Gasteiger partial charge on any atom is -0.480 e. The summed E-state index contributed by atoms with van der Waals surface area (Å²) in [4.78, 5) is 72.8. The number of unbranched alkanes of at least 4 members (excludes halogenated alkanes) is 10. The number of nitrogens with two attached hydrogens (primary N) is 2. The second-order valence-corrected chi connectivity index (χ2v) is 10.5. The van der Waals surface area contributed by atoms with Gasteiger partial charge in [-0.15, -0.1) is 0 Å². The number of primary amides is 1. The first kappa shape index (κ1) is 38.7. The molecule has 4 atom stereocenters. The van der Waals surface area contributed by atoms with Gasteiger partial charge in [-0.05, 0) is 19.8 Å². The average molecular weight is 603 g/mol. The minimum absolute atomic E-state index is 0.136. The summed E-state index contributed by atoms with van der Waals surface area (Å²) in [5.74, 6) is -7.00. The molecule has 0 bridgehead atoms. The number of ether oxygens (including phenoxy) is 1. The maximum Gasteiger partial charge on any atom is 0.328 e. The van der Waals surface area contributed by atoms with Crippen molar-refractivity contribution >= 4 is 35.6 Å². The van der Waals surface area contributed by atoms with Crippen LogP contribution in [-0.2, 0) is 33.5 Å². The molecule has 0 fully saturated rings. The molecule has 0 radical (unpaired) electrons. The Balaban J connectivity index is 5.20. The lowest BCUT2D eigenvalue weighted by Gasteiger charge is -2.35. The van der Waals surface area contributed by atoms with Crippen molar-refractivity contribution in [2.75, 3.05) is 13.2 Å². The van der Waals surface area contributed by atoms with E-state index in [4.69, 9.17) is 21.3 Å². The van der Waals surface area contributed by atoms with Crippen LogP contribution in [0.1, 0.15) is 104 Å². The molecule has 0 aromatic heterocycles. The Kier molecular flexibility index (Phi) is 20.6. The highest BCUT2D eigenvalue weighted by molar-refractivity contribution is 5.93. The van der Waals surface area contributed by atoms with Crippen molar-refractivity contribution in [1.82, 2.24) is 10.2 Å². The summed E-state index contributed by atoms with van der Waals surface area (Å²) in [5, 5.41) is 31.0. The molecule has 0 aliphatic heterocycles. The summed E-state index contributed by atoms with van der Waals surface area (Å²) in [6.07, 6.45) is 11.3. The zero-order valence-electron chi connectivity index (χ0n) is 24.9. The average Bonchev–Trinajstić information content (AvgIpc) is 2.91. The summed E-state index contributed by atoms with van der Waals surface area (Å²) < 4.78 is 5.10. The third kappa shape index (κ3) is 16.9. The Hall–Kier alpha value is -3.26. The zero-order chi connectivity index (χ0) is 32.1. The lowest BCUT2D eigenvalue weighted by Crippen LogP contribution is -2.60. The van der Waals surface area contributed by atoms with E-state index in [0.717, 1.165) is 25.7 Å². The van der Waals surface area contributed by atoms with Gasteiger partial charge in [-0.25, -0.2) is 9.59 Å². The fraction of sp³-hybridized carbons (Fsp3) is 0.786. The number of hydrogen-bond acceptors (Lipinski definition) is 8. The molecule has 0 aromatic carbocycles. The molecule has 0 unspecified atom stereocenters. The number of amides is 3. The van der Waals surface area contributed by atoms with Gasteiger partial charge in [-0.1, -0.05) is 71.1 Å². The number of carboxylic acids is 3. The van der Waals surface area contributed by atoms with Crippen molar-refractivity contribution in [2.45, 2.75) is 128 Å². The summed E-state index contributed by atoms with van der Waals surface area (Å²) in [7, 11) is 0. The van der Waals surface area contributed by atoms with Crippen LogP contribution >= 0.6 is 0 Å². The molecule has 14 heteroatoms. The predicted octanol–water partition coefficient (Wildman–Crippen LogP) is 1.62. The maximum absolute atomic E-state index is 13.4. The van der Waals surface area contributed by atoms with Crippen LogP contribution in [-0.4, -0.2) is 93.2 Å². The van der Waals surface area contributed by atoms with Crippen LogP contribution in [0.15, 0.2) is 0 Å². The van der Waals surface area contributed by atoms with E-state index < -0.39 is 85.9 Å². The van der Waals surface area contributed by atoms with E-state index in [1.807, 2.05) is 0 Å². The molecule has 0 saturated heterocycles. The Labute approximate surface area is 247 Å². The van der Waals surface area contributed by atoms with Crippen molar-refractivity contribution in [3.8, 4) is 0 Å². The molecule has 0 aromatic rings. The first-order valence-electron chi connectivity index (χ1n) is 14.7. The van der Waals surface area contributed by atoms with Crippen molar-refractivity contribution in [3.63, 3.8) is 0 Å². The van der Waals surface area contributed by atoms with Crippen molar-refractivity contribution in [3.05, 3.63) is 0 Å². The van der Waals surface area contributed by atoms with Crippen molar-refractivity contribution in [2.24, 2.45) is 11.5 Å². The molecule has 0 spiro atoms. The van der Waals surface area contributed by atoms with E-state index in [0.29, 0.717) is 11.3 Å². The van der Waals surface area contributed by atoms with Crippen LogP contribution in [0.3, 0.4) is 0 Å². The number of carbonyl (C=O) groups is 6. The molecule has 14 nitrogen and oxygen atoms in total. The van der Waals surface area contributed by atoms with E-state index >= 15 is 0 Å². The molecule has 0 heterocycles. The maximum atomic E-state index is 13.4. The molecule has 8 N–H and O–H groups in total. The van der Waals surface area contributed by atoms with Crippen LogP contribution in [0.2, 0.25) is 0 Å². The van der Waals surface area contributed by atoms with E-state index in [1.165, 1.54) is 45.4 Å². The summed E-state index contributed by atoms with van der Waals surface area (Å²) >= 11 is 0. The fourth-order valence-corrected chi connectivity index (χ4v) is 4.38. The van der Waals surface area contributed by atoms with Crippen LogP contribution in [0.5, 0.6) is 0 Å². The molecule has 242 valence electrons. The Morgan fingerprint density at radius 2 is 1.24 bits per heavy atom. The van der Waals surface area contributed by atoms with E-state index in [9.17, 15) is 39.0 Å². The van der Waals surface area contributed by atoms with Gasteiger partial charge in [0.05, 0.1) is 13.2 Å². The standard InChI is InChI=1S/C28H50N4O10/c1-3-4-5-6-7-8-9-10-11-12-13-14-24(34)31-19(2)25(35)32(21(27(38)39)15-16-23(30)33)22(28(40)41)18-42-17-20(29)26(36)37/h19-22H,3-18,29H2,1-2H3,(H2,30,33)(H,31,34)(H,36,37)(H,38,39)(H,40,41)/t19-,20+,21+,22-/m0/s1. The van der Waals surface area contributed by atoms with Crippen LogP contribution in [0, 0.1) is 0 Å². The predicted molar refractivity (Wildman–Crippen MR) is 153 cm³/mol. The Morgan fingerprint density at radius 3 is 1.69 bits per heavy atom. The summed E-state index contributed by atoms with van der Waals surface area (Å²) in [6.45, 7) is 2.09. The van der Waals surface area contributed by atoms with Gasteiger partial charge in [0, 0.05) is 12.8 Å². The highest BCUT2D eigenvalue weighted by atomic mass is 16.5. The highest BCUT2D eigenvalue weighted by Gasteiger charge is 2.41. The number of carbonyl (C=O) groups excluding carboxylic acids is 3. The molecule has 0 rings (SSSR count). The van der Waals surface area contributed by atoms with Crippen LogP contribution < -0.4 is 16.8 Å². The first-order valence-corrected chi connectivity index (χ1v) is 14.7. The highest BCUT2D eigenvalue weighted by Crippen LogP contribution is 2.17. The van der Waals surface area contributed by atoms with Crippen LogP contribution in [0.4, 0.5) is 0 Å². The quantitative estimate of drug-likeness (QED) is 0.0777. The number of aliphatic carboxylic acids is 3. The SMILES string of the molecule is CCCCCCCCCCCCCC(=O)N[C@@H](C)C(=O)N([C@H](CCC(N)=O)C(=O)O)[C@@H](COC[C@@H](N)C(=O)O)C(=O)O. The monoisotopic (exact) mass is 602 g/mol. The second kappa shape index (κ2) is 22.4. The van der Waals surface area contributed by atoms with Crippen LogP contribution in [0.25, 0.3) is 0 Å². The molecular formula is C28H50N4O10. The third-order valence-corrected chi connectivity index (χ3v) is 6.81. The van der Waals surface area contributed by atoms with Crippen molar-refractivity contribution < 1.29 is 48.8 Å². The van der Waals surface area contributed by atoms with E-state index in [-0.39, 0.29) is 6.42 Å². The first-order chi connectivity index (χ1) is 19.8. The molecule has 3 amide bonds. The lowest BCUT2D eigenvalue weighted by atomic mass is 10.0. The fourth-order valence-electron chi connectivity index (χ4n) is 4.38. The molecule has 42 heavy (non-hydrogen) atoms. The molecular weight excluding hydrogens is 552 g/mol. The van der Waals surface area contributed by atoms with Gasteiger partial charge in [0.2, 0.25) is 17.7 Å². The summed E-state index contributed by atoms with van der Waals surface area (Å²) in [5.41, 5.74) is 10.5. The smallest absolute Gasteiger partial charge is 0.328 e. The third-order valence-electron chi connectivity index (χ3n) is 6.81. The normalized spacial score (nSPS) is 13.9. The number of nitrogens with zero attached hydrogens (tertiary/aromatic N) is 1. The second-order valence-electron chi connectivity index (χ2n) is 10.5. The van der Waals surface area contributed by atoms with Gasteiger partial charge in [0.25, 0.3) is 0 Å². The summed E-state index contributed by atoms with van der Waals surface area (Å²) in [6, 6.07) is -6.47. The Morgan fingerprint density at radius 1 is 0.738 bits per heavy atom. The van der Waals surface area contributed by atoms with Gasteiger partial charge in [0.1, 0.15) is 18.1 Å². The number of carboxylic acid groups (broad SMARTS) is 3. The van der Waals surface area contributed by atoms with Gasteiger partial charge in [0.15, 0.2) is 6.04 Å². The topological polar surface area (TPSA) is 240 Å². The van der Waals surface area contributed by atoms with Gasteiger partial charge >= 0.3 is 17.9 Å². The lowest BCUT2D eigenvalue weighted by molar-refractivity contribution is -0.163. The number of rotatable bonds is 26. The van der Waals surface area contributed by atoms with Gasteiger partial charge < -0.3 is 41.7 Å². The number of nitrogens with one attached hydrogen (secondary N) is 1. The number of hydrogen-bond donors (Lipinski definition) is 6. The zero-order valence-corrected chi connectivity index (χ0v) is 24.9. The largest absolute Gasteiger partial charge is 0.480 e. The molecule has 0 saturated carbocycles. The van der Waals surface area contributed by atoms with Crippen molar-refractivity contribution in [1.29, 1.82) is 0 Å². The van der Waals surface area contributed by atoms with Gasteiger partial charge in [-0.3, -0.25) is 19.2 Å². The van der Waals surface area contributed by atoms with E-state index in [1.54, 1.807) is 0 Å².